The molecule has 2 aromatic rings. The van der Waals surface area contributed by atoms with Crippen molar-refractivity contribution < 1.29 is 9.53 Å². The minimum Gasteiger partial charge on any atom is -0.465 e. The third-order valence-corrected chi connectivity index (χ3v) is 4.11. The summed E-state index contributed by atoms with van der Waals surface area (Å²) in [6.07, 6.45) is 1.51. The lowest BCUT2D eigenvalue weighted by Crippen LogP contribution is -2.09. The van der Waals surface area contributed by atoms with E-state index in [-0.39, 0.29) is 0 Å². The maximum absolute atomic E-state index is 11.7. The fourth-order valence-electron chi connectivity index (χ4n) is 1.46. The summed E-state index contributed by atoms with van der Waals surface area (Å²) in [6, 6.07) is 5.36. The molecule has 0 amide bonds. The van der Waals surface area contributed by atoms with Crippen LogP contribution in [0.3, 0.4) is 0 Å². The first-order valence-corrected chi connectivity index (χ1v) is 6.83. The highest BCUT2D eigenvalue weighted by Gasteiger charge is 2.15. The molecule has 0 atom stereocenters. The monoisotopic (exact) mass is 281 g/mol. The number of nitrogens with zero attached hydrogens (tertiary/aromatic N) is 2. The number of rotatable bonds is 4. The highest BCUT2D eigenvalue weighted by atomic mass is 32.2. The zero-order valence-corrected chi connectivity index (χ0v) is 11.3. The molecule has 0 spiro atoms. The number of esters is 1. The summed E-state index contributed by atoms with van der Waals surface area (Å²) in [4.78, 5) is 15.8. The third kappa shape index (κ3) is 2.80. The van der Waals surface area contributed by atoms with Gasteiger partial charge in [0.2, 0.25) is 0 Å². The van der Waals surface area contributed by atoms with E-state index in [1.54, 1.807) is 6.07 Å². The van der Waals surface area contributed by atoms with Crippen LogP contribution in [0.4, 0.5) is 5.69 Å². The highest BCUT2D eigenvalue weighted by molar-refractivity contribution is 8.00. The second-order valence-corrected chi connectivity index (χ2v) is 5.37. The lowest BCUT2D eigenvalue weighted by Gasteiger charge is -2.09. The Morgan fingerprint density at radius 2 is 2.39 bits per heavy atom. The number of methoxy groups -OCH3 is 1. The SMILES string of the molecule is COC(=O)c1c(N)cccc1CSc1ncns1. The number of hydrogen-bond donors (Lipinski definition) is 1. The van der Waals surface area contributed by atoms with Crippen molar-refractivity contribution in [3.8, 4) is 0 Å². The second kappa shape index (κ2) is 5.83. The van der Waals surface area contributed by atoms with Crippen molar-refractivity contribution in [2.45, 2.75) is 10.1 Å². The number of nitrogen functional groups attached to an aromatic ring is 1. The Hall–Kier alpha value is -1.60. The molecule has 0 unspecified atom stereocenters. The Bertz CT molecular complexity index is 543. The summed E-state index contributed by atoms with van der Waals surface area (Å²) in [5, 5.41) is 0. The molecule has 0 aliphatic carbocycles. The van der Waals surface area contributed by atoms with E-state index in [4.69, 9.17) is 10.5 Å². The smallest absolute Gasteiger partial charge is 0.340 e. The van der Waals surface area contributed by atoms with Crippen molar-refractivity contribution in [1.82, 2.24) is 9.36 Å². The average molecular weight is 281 g/mol. The fraction of sp³-hybridized carbons (Fsp3) is 0.182. The second-order valence-electron chi connectivity index (χ2n) is 3.37. The first-order valence-electron chi connectivity index (χ1n) is 5.07. The van der Waals surface area contributed by atoms with Gasteiger partial charge >= 0.3 is 5.97 Å². The van der Waals surface area contributed by atoms with Gasteiger partial charge in [0.1, 0.15) is 6.33 Å². The standard InChI is InChI=1S/C11H11N3O2S2/c1-16-10(15)9-7(3-2-4-8(9)12)5-17-11-13-6-14-18-11/h2-4,6H,5,12H2,1H3. The molecule has 2 N–H and O–H groups in total. The van der Waals surface area contributed by atoms with E-state index in [2.05, 4.69) is 9.36 Å². The lowest BCUT2D eigenvalue weighted by molar-refractivity contribution is 0.0601. The van der Waals surface area contributed by atoms with Gasteiger partial charge in [-0.2, -0.15) is 4.37 Å². The number of thioether (sulfide) groups is 1. The van der Waals surface area contributed by atoms with Gasteiger partial charge < -0.3 is 10.5 Å². The van der Waals surface area contributed by atoms with Gasteiger partial charge in [0.05, 0.1) is 12.7 Å². The van der Waals surface area contributed by atoms with Crippen molar-refractivity contribution in [1.29, 1.82) is 0 Å². The van der Waals surface area contributed by atoms with E-state index >= 15 is 0 Å². The summed E-state index contributed by atoms with van der Waals surface area (Å²) in [5.74, 6) is 0.186. The van der Waals surface area contributed by atoms with Gasteiger partial charge in [0.15, 0.2) is 4.34 Å². The normalized spacial score (nSPS) is 10.3. The quantitative estimate of drug-likeness (QED) is 0.526. The number of carbonyl (C=O) groups is 1. The molecule has 18 heavy (non-hydrogen) atoms. The number of nitrogens with two attached hydrogens (primary N) is 1. The summed E-state index contributed by atoms with van der Waals surface area (Å²) in [5.41, 5.74) is 7.50. The Balaban J connectivity index is 2.21. The molecule has 0 aliphatic rings. The van der Waals surface area contributed by atoms with Crippen molar-refractivity contribution >= 4 is 35.0 Å². The Morgan fingerprint density at radius 3 is 3.06 bits per heavy atom. The van der Waals surface area contributed by atoms with Crippen LogP contribution in [0.2, 0.25) is 0 Å². The van der Waals surface area contributed by atoms with Crippen LogP contribution in [0, 0.1) is 0 Å². The molecule has 7 heteroatoms. The minimum absolute atomic E-state index is 0.416. The highest BCUT2D eigenvalue weighted by Crippen LogP contribution is 2.27. The number of carbonyl (C=O) groups excluding carboxylic acids is 1. The van der Waals surface area contributed by atoms with Crippen molar-refractivity contribution in [2.75, 3.05) is 12.8 Å². The maximum atomic E-state index is 11.7. The molecule has 94 valence electrons. The Kier molecular flexibility index (Phi) is 4.16. The van der Waals surface area contributed by atoms with E-state index in [1.807, 2.05) is 12.1 Å². The lowest BCUT2D eigenvalue weighted by atomic mass is 10.1. The molecule has 1 heterocycles. The predicted octanol–water partition coefficient (Wildman–Crippen LogP) is 2.20. The van der Waals surface area contributed by atoms with Gasteiger partial charge in [-0.1, -0.05) is 23.9 Å². The van der Waals surface area contributed by atoms with E-state index in [1.165, 1.54) is 36.7 Å². The van der Waals surface area contributed by atoms with Crippen molar-refractivity contribution in [2.24, 2.45) is 0 Å². The van der Waals surface area contributed by atoms with Crippen LogP contribution in [0.1, 0.15) is 15.9 Å². The molecule has 2 rings (SSSR count). The average Bonchev–Trinajstić information content (AvgIpc) is 2.88. The molecule has 5 nitrogen and oxygen atoms in total. The van der Waals surface area contributed by atoms with Crippen LogP contribution in [0.15, 0.2) is 28.9 Å². The number of ether oxygens (including phenoxy) is 1. The summed E-state index contributed by atoms with van der Waals surface area (Å²) in [6.45, 7) is 0. The topological polar surface area (TPSA) is 78.1 Å². The van der Waals surface area contributed by atoms with Crippen molar-refractivity contribution in [3.63, 3.8) is 0 Å². The van der Waals surface area contributed by atoms with Crippen LogP contribution in [0.25, 0.3) is 0 Å². The van der Waals surface area contributed by atoms with Gasteiger partial charge in [0, 0.05) is 11.4 Å². The number of aromatic nitrogens is 2. The third-order valence-electron chi connectivity index (χ3n) is 2.26. The van der Waals surface area contributed by atoms with Gasteiger partial charge in [-0.25, -0.2) is 9.78 Å². The number of anilines is 1. The molecule has 0 fully saturated rings. The molecule has 0 radical (unpaired) electrons. The Morgan fingerprint density at radius 1 is 1.56 bits per heavy atom. The largest absolute Gasteiger partial charge is 0.465 e. The molecule has 1 aromatic heterocycles. The fourth-order valence-corrected chi connectivity index (χ4v) is 2.89. The number of benzene rings is 1. The summed E-state index contributed by atoms with van der Waals surface area (Å²) >= 11 is 2.83. The first-order chi connectivity index (χ1) is 8.72. The summed E-state index contributed by atoms with van der Waals surface area (Å²) < 4.78 is 9.52. The van der Waals surface area contributed by atoms with Crippen LogP contribution in [-0.2, 0) is 10.5 Å². The molecule has 0 bridgehead atoms. The molecule has 1 aromatic carbocycles. The number of hydrogen-bond acceptors (Lipinski definition) is 7. The van der Waals surface area contributed by atoms with Gasteiger partial charge in [0.25, 0.3) is 0 Å². The van der Waals surface area contributed by atoms with Crippen molar-refractivity contribution in [3.05, 3.63) is 35.7 Å². The van der Waals surface area contributed by atoms with Gasteiger partial charge in [-0.3, -0.25) is 0 Å². The van der Waals surface area contributed by atoms with E-state index in [0.717, 1.165) is 9.90 Å². The minimum atomic E-state index is -0.416. The van der Waals surface area contributed by atoms with Gasteiger partial charge in [-0.15, -0.1) is 0 Å². The predicted molar refractivity (Wildman–Crippen MR) is 71.7 cm³/mol. The zero-order chi connectivity index (χ0) is 13.0. The summed E-state index contributed by atoms with van der Waals surface area (Å²) in [7, 11) is 1.34. The van der Waals surface area contributed by atoms with Gasteiger partial charge in [-0.05, 0) is 23.2 Å². The molecule has 0 saturated heterocycles. The van der Waals surface area contributed by atoms with Crippen LogP contribution < -0.4 is 5.73 Å². The first kappa shape index (κ1) is 12.8. The zero-order valence-electron chi connectivity index (χ0n) is 9.62. The molecule has 0 aliphatic heterocycles. The molecule has 0 saturated carbocycles. The van der Waals surface area contributed by atoms with Crippen LogP contribution in [0.5, 0.6) is 0 Å². The van der Waals surface area contributed by atoms with Crippen LogP contribution in [-0.4, -0.2) is 22.4 Å². The van der Waals surface area contributed by atoms with E-state index < -0.39 is 5.97 Å². The van der Waals surface area contributed by atoms with E-state index in [0.29, 0.717) is 17.0 Å². The maximum Gasteiger partial charge on any atom is 0.340 e. The van der Waals surface area contributed by atoms with E-state index in [9.17, 15) is 4.79 Å². The van der Waals surface area contributed by atoms with Crippen LogP contribution >= 0.6 is 23.3 Å². The Labute approximate surface area is 113 Å². The molecular weight excluding hydrogens is 270 g/mol. The molecular formula is C11H11N3O2S2.